The Morgan fingerprint density at radius 1 is 0.972 bits per heavy atom. The normalized spacial score (nSPS) is 17.3. The van der Waals surface area contributed by atoms with Crippen LogP contribution in [0.1, 0.15) is 81.5 Å². The van der Waals surface area contributed by atoms with Crippen molar-refractivity contribution in [2.24, 2.45) is 5.41 Å². The van der Waals surface area contributed by atoms with Crippen LogP contribution in [-0.2, 0) is 11.2 Å². The molecule has 0 spiro atoms. The zero-order chi connectivity index (χ0) is 26.5. The summed E-state index contributed by atoms with van der Waals surface area (Å²) in [7, 11) is 0. The van der Waals surface area contributed by atoms with Gasteiger partial charge in [-0.05, 0) is 127 Å². The van der Waals surface area contributed by atoms with Gasteiger partial charge in [-0.3, -0.25) is 4.79 Å². The number of hydrogen-bond donors (Lipinski definition) is 2. The molecule has 0 amide bonds. The van der Waals surface area contributed by atoms with Crippen LogP contribution >= 0.6 is 0 Å². The molecule has 6 nitrogen and oxygen atoms in total. The van der Waals surface area contributed by atoms with E-state index in [0.29, 0.717) is 31.8 Å². The van der Waals surface area contributed by atoms with Gasteiger partial charge in [0.1, 0.15) is 28.6 Å². The van der Waals surface area contributed by atoms with E-state index in [0.717, 1.165) is 71.6 Å². The van der Waals surface area contributed by atoms with E-state index < -0.39 is 11.4 Å². The number of aromatic hydroxyl groups is 1. The predicted octanol–water partition coefficient (Wildman–Crippen LogP) is 6.92. The van der Waals surface area contributed by atoms with Crippen molar-refractivity contribution in [3.05, 3.63) is 46.5 Å². The average Bonchev–Trinajstić information content (AvgIpc) is 2.84. The summed E-state index contributed by atoms with van der Waals surface area (Å²) in [5.41, 5.74) is 3.11. The van der Waals surface area contributed by atoms with E-state index >= 15 is 0 Å². The van der Waals surface area contributed by atoms with Crippen LogP contribution in [0.5, 0.6) is 23.0 Å². The van der Waals surface area contributed by atoms with E-state index in [1.807, 2.05) is 45.0 Å². The van der Waals surface area contributed by atoms with Crippen molar-refractivity contribution in [3.63, 3.8) is 0 Å². The summed E-state index contributed by atoms with van der Waals surface area (Å²) < 4.78 is 18.2. The van der Waals surface area contributed by atoms with Gasteiger partial charge < -0.3 is 24.4 Å². The number of unbranched alkanes of at least 4 members (excludes halogenated alkanes) is 1. The summed E-state index contributed by atoms with van der Waals surface area (Å²) >= 11 is 0. The summed E-state index contributed by atoms with van der Waals surface area (Å²) in [4.78, 5) is 11.2. The fraction of sp³-hybridized carbons (Fsp3) is 0.567. The topological polar surface area (TPSA) is 85.2 Å². The Kier molecular flexibility index (Phi) is 8.80. The van der Waals surface area contributed by atoms with Crippen LogP contribution in [0.15, 0.2) is 24.3 Å². The molecule has 36 heavy (non-hydrogen) atoms. The molecule has 1 atom stereocenters. The molecule has 6 heteroatoms. The summed E-state index contributed by atoms with van der Waals surface area (Å²) in [6, 6.07) is 7.58. The fourth-order valence-corrected chi connectivity index (χ4v) is 4.70. The van der Waals surface area contributed by atoms with Crippen molar-refractivity contribution in [3.8, 4) is 23.0 Å². The van der Waals surface area contributed by atoms with Gasteiger partial charge in [0.25, 0.3) is 0 Å². The lowest BCUT2D eigenvalue weighted by Gasteiger charge is -2.38. The quantitative estimate of drug-likeness (QED) is 0.309. The van der Waals surface area contributed by atoms with E-state index in [2.05, 4.69) is 6.92 Å². The highest BCUT2D eigenvalue weighted by Crippen LogP contribution is 2.44. The number of carboxylic acid groups (broad SMARTS) is 1. The first-order valence-corrected chi connectivity index (χ1v) is 13.0. The van der Waals surface area contributed by atoms with Gasteiger partial charge in [0.2, 0.25) is 0 Å². The predicted molar refractivity (Wildman–Crippen MR) is 142 cm³/mol. The van der Waals surface area contributed by atoms with Crippen LogP contribution in [0.2, 0.25) is 0 Å². The number of benzene rings is 2. The number of carboxylic acids is 1. The first-order valence-electron chi connectivity index (χ1n) is 13.0. The second kappa shape index (κ2) is 11.4. The molecule has 3 rings (SSSR count). The summed E-state index contributed by atoms with van der Waals surface area (Å²) in [6.07, 6.45) is 6.04. The van der Waals surface area contributed by atoms with Gasteiger partial charge in [-0.1, -0.05) is 0 Å². The molecule has 1 heterocycles. The van der Waals surface area contributed by atoms with Crippen molar-refractivity contribution in [1.82, 2.24) is 0 Å². The van der Waals surface area contributed by atoms with E-state index in [1.54, 1.807) is 13.8 Å². The largest absolute Gasteiger partial charge is 0.507 e. The molecule has 0 saturated carbocycles. The number of carbonyl (C=O) groups is 1. The van der Waals surface area contributed by atoms with Crippen molar-refractivity contribution in [2.75, 3.05) is 13.2 Å². The van der Waals surface area contributed by atoms with Gasteiger partial charge in [-0.15, -0.1) is 0 Å². The molecule has 0 unspecified atom stereocenters. The molecule has 0 bridgehead atoms. The summed E-state index contributed by atoms with van der Waals surface area (Å²) in [5, 5.41) is 19.6. The van der Waals surface area contributed by atoms with Crippen LogP contribution in [-0.4, -0.2) is 35.0 Å². The van der Waals surface area contributed by atoms with Gasteiger partial charge in [0.05, 0.1) is 18.6 Å². The monoisotopic (exact) mass is 498 g/mol. The average molecular weight is 499 g/mol. The molecule has 0 aromatic heterocycles. The Hall–Kier alpha value is -2.89. The zero-order valence-electron chi connectivity index (χ0n) is 22.7. The number of hydrogen-bond acceptors (Lipinski definition) is 5. The molecule has 2 aromatic carbocycles. The molecule has 0 radical (unpaired) electrons. The van der Waals surface area contributed by atoms with E-state index in [4.69, 9.17) is 14.2 Å². The van der Waals surface area contributed by atoms with Crippen molar-refractivity contribution in [2.45, 2.75) is 92.1 Å². The van der Waals surface area contributed by atoms with E-state index in [-0.39, 0.29) is 5.60 Å². The maximum Gasteiger partial charge on any atom is 0.309 e. The van der Waals surface area contributed by atoms with Gasteiger partial charge in [-0.25, -0.2) is 0 Å². The SMILES string of the molecule is Cc1c(C)c2c(c(C)c1O)CC[C@@](C)(CCCCOc1ccc(OCCCC(C)(C)C(=O)O)cc1)O2. The fourth-order valence-electron chi connectivity index (χ4n) is 4.70. The lowest BCUT2D eigenvalue weighted by molar-refractivity contribution is -0.147. The second-order valence-corrected chi connectivity index (χ2v) is 11.0. The number of aliphatic carboxylic acids is 1. The maximum atomic E-state index is 11.2. The lowest BCUT2D eigenvalue weighted by atomic mass is 9.85. The highest BCUT2D eigenvalue weighted by atomic mass is 16.5. The minimum absolute atomic E-state index is 0.202. The standard InChI is InChI=1S/C30H42O6/c1-20-21(2)27-25(22(3)26(20)31)14-17-30(6,36-27)16-7-8-18-34-23-10-12-24(13-11-23)35-19-9-15-29(4,5)28(32)33/h10-13,31H,7-9,14-19H2,1-6H3,(H,32,33)/t30-/m1/s1. The Morgan fingerprint density at radius 2 is 1.56 bits per heavy atom. The number of phenolic OH excluding ortho intramolecular Hbond substituents is 1. The third kappa shape index (κ3) is 6.65. The maximum absolute atomic E-state index is 11.2. The van der Waals surface area contributed by atoms with E-state index in [9.17, 15) is 15.0 Å². The Labute approximate surface area is 215 Å². The highest BCUT2D eigenvalue weighted by Gasteiger charge is 2.34. The summed E-state index contributed by atoms with van der Waals surface area (Å²) in [6.45, 7) is 12.7. The first kappa shape index (κ1) is 27.7. The smallest absolute Gasteiger partial charge is 0.309 e. The Balaban J connectivity index is 1.38. The molecule has 0 saturated heterocycles. The molecule has 0 fully saturated rings. The molecule has 1 aliphatic rings. The molecule has 198 valence electrons. The van der Waals surface area contributed by atoms with Crippen LogP contribution in [0.25, 0.3) is 0 Å². The lowest BCUT2D eigenvalue weighted by Crippen LogP contribution is -2.37. The van der Waals surface area contributed by atoms with Crippen molar-refractivity contribution < 1.29 is 29.2 Å². The molecular formula is C30H42O6. The number of ether oxygens (including phenoxy) is 3. The Morgan fingerprint density at radius 3 is 2.14 bits per heavy atom. The van der Waals surface area contributed by atoms with Gasteiger partial charge in [-0.2, -0.15) is 0 Å². The molecular weight excluding hydrogens is 456 g/mol. The number of phenols is 1. The second-order valence-electron chi connectivity index (χ2n) is 11.0. The van der Waals surface area contributed by atoms with Crippen LogP contribution < -0.4 is 14.2 Å². The molecule has 2 N–H and O–H groups in total. The van der Waals surface area contributed by atoms with Gasteiger partial charge in [0.15, 0.2) is 0 Å². The first-order chi connectivity index (χ1) is 16.9. The Bertz CT molecular complexity index is 1060. The minimum Gasteiger partial charge on any atom is -0.507 e. The molecule has 0 aliphatic carbocycles. The van der Waals surface area contributed by atoms with Crippen LogP contribution in [0, 0.1) is 26.2 Å². The molecule has 2 aromatic rings. The minimum atomic E-state index is -0.781. The summed E-state index contributed by atoms with van der Waals surface area (Å²) in [5.74, 6) is 2.14. The number of rotatable bonds is 12. The third-order valence-corrected chi connectivity index (χ3v) is 7.58. The number of fused-ring (bicyclic) bond motifs is 1. The zero-order valence-corrected chi connectivity index (χ0v) is 22.7. The van der Waals surface area contributed by atoms with Crippen LogP contribution in [0.3, 0.4) is 0 Å². The van der Waals surface area contributed by atoms with Crippen molar-refractivity contribution in [1.29, 1.82) is 0 Å². The van der Waals surface area contributed by atoms with Gasteiger partial charge >= 0.3 is 5.97 Å². The van der Waals surface area contributed by atoms with Crippen LogP contribution in [0.4, 0.5) is 0 Å². The third-order valence-electron chi connectivity index (χ3n) is 7.58. The highest BCUT2D eigenvalue weighted by molar-refractivity contribution is 5.73. The van der Waals surface area contributed by atoms with Gasteiger partial charge in [0, 0.05) is 5.56 Å². The molecule has 1 aliphatic heterocycles. The van der Waals surface area contributed by atoms with Crippen molar-refractivity contribution >= 4 is 5.97 Å². The van der Waals surface area contributed by atoms with E-state index in [1.165, 1.54) is 0 Å².